The topological polar surface area (TPSA) is 109 Å². The lowest BCUT2D eigenvalue weighted by Crippen LogP contribution is -2.10. The number of ether oxygens (including phenoxy) is 1. The van der Waals surface area contributed by atoms with Crippen molar-refractivity contribution in [2.45, 2.75) is 26.3 Å². The van der Waals surface area contributed by atoms with Gasteiger partial charge in [-0.25, -0.2) is 0 Å². The monoisotopic (exact) mass is 419 g/mol. The van der Waals surface area contributed by atoms with Crippen molar-refractivity contribution in [1.29, 1.82) is 0 Å². The maximum Gasteiger partial charge on any atom is 0.442 e. The molecular formula is C15H10F5N5O4. The summed E-state index contributed by atoms with van der Waals surface area (Å²) in [5, 5.41) is 21.6. The van der Waals surface area contributed by atoms with Crippen molar-refractivity contribution < 1.29 is 36.0 Å². The highest BCUT2D eigenvalue weighted by Gasteiger charge is 2.44. The number of aromatic nitrogens is 4. The minimum atomic E-state index is -5.01. The summed E-state index contributed by atoms with van der Waals surface area (Å²) in [6, 6.07) is 5.20. The number of alkyl halides is 5. The molecule has 0 unspecified atom stereocenters. The summed E-state index contributed by atoms with van der Waals surface area (Å²) in [7, 11) is 0. The Morgan fingerprint density at radius 1 is 1.24 bits per heavy atom. The van der Waals surface area contributed by atoms with Crippen molar-refractivity contribution in [3.8, 4) is 17.2 Å². The molecule has 0 N–H and O–H groups in total. The minimum Gasteiger partial charge on any atom is -0.435 e. The lowest BCUT2D eigenvalue weighted by Gasteiger charge is -2.03. The lowest BCUT2D eigenvalue weighted by molar-refractivity contribution is -0.388. The van der Waals surface area contributed by atoms with Gasteiger partial charge in [-0.1, -0.05) is 0 Å². The van der Waals surface area contributed by atoms with E-state index >= 15 is 0 Å². The number of benzene rings is 1. The standard InChI is InChI=1S/C15H10F5N5O4/c1-7-11(25(26)27)12(15(18,19)20)23-24(7)6-10-21-22-13(29-10)8-2-4-9(5-3-8)28-14(16)17/h2-5,14H,6H2,1H3. The Balaban J connectivity index is 1.84. The Morgan fingerprint density at radius 2 is 1.90 bits per heavy atom. The molecular weight excluding hydrogens is 409 g/mol. The van der Waals surface area contributed by atoms with Crippen molar-refractivity contribution in [3.05, 3.63) is 51.7 Å². The van der Waals surface area contributed by atoms with Crippen LogP contribution in [0.5, 0.6) is 5.75 Å². The van der Waals surface area contributed by atoms with Gasteiger partial charge < -0.3 is 9.15 Å². The van der Waals surface area contributed by atoms with E-state index in [4.69, 9.17) is 4.42 Å². The molecule has 0 saturated heterocycles. The van der Waals surface area contributed by atoms with E-state index in [-0.39, 0.29) is 23.2 Å². The minimum absolute atomic E-state index is 0.0426. The summed E-state index contributed by atoms with van der Waals surface area (Å²) in [6.07, 6.45) is -5.01. The molecule has 2 heterocycles. The zero-order valence-electron chi connectivity index (χ0n) is 14.4. The van der Waals surface area contributed by atoms with Crippen LogP contribution in [-0.2, 0) is 12.7 Å². The molecule has 0 bridgehead atoms. The van der Waals surface area contributed by atoms with Crippen LogP contribution < -0.4 is 4.74 Å². The van der Waals surface area contributed by atoms with E-state index in [1.165, 1.54) is 24.3 Å². The fraction of sp³-hybridized carbons (Fsp3) is 0.267. The van der Waals surface area contributed by atoms with Crippen molar-refractivity contribution >= 4 is 5.69 Å². The van der Waals surface area contributed by atoms with Crippen LogP contribution in [0, 0.1) is 17.0 Å². The Bertz CT molecular complexity index is 1030. The van der Waals surface area contributed by atoms with E-state index in [1.54, 1.807) is 0 Å². The summed E-state index contributed by atoms with van der Waals surface area (Å²) in [5.74, 6) is -0.302. The largest absolute Gasteiger partial charge is 0.442 e. The van der Waals surface area contributed by atoms with Crippen LogP contribution in [-0.4, -0.2) is 31.5 Å². The van der Waals surface area contributed by atoms with Crippen LogP contribution in [0.4, 0.5) is 27.6 Å². The Labute approximate surface area is 157 Å². The Kier molecular flexibility index (Phi) is 5.18. The van der Waals surface area contributed by atoms with Gasteiger partial charge in [-0.15, -0.1) is 10.2 Å². The van der Waals surface area contributed by atoms with Gasteiger partial charge in [-0.2, -0.15) is 27.1 Å². The van der Waals surface area contributed by atoms with E-state index in [1.807, 2.05) is 0 Å². The number of halogens is 5. The summed E-state index contributed by atoms with van der Waals surface area (Å²) in [5.41, 5.74) is -2.79. The highest BCUT2D eigenvalue weighted by atomic mass is 19.4. The van der Waals surface area contributed by atoms with Crippen molar-refractivity contribution in [2.24, 2.45) is 0 Å². The highest BCUT2D eigenvalue weighted by molar-refractivity contribution is 5.54. The molecule has 14 heteroatoms. The number of rotatable bonds is 6. The second-order valence-electron chi connectivity index (χ2n) is 5.60. The average molecular weight is 419 g/mol. The van der Waals surface area contributed by atoms with E-state index in [9.17, 15) is 32.1 Å². The fourth-order valence-electron chi connectivity index (χ4n) is 2.44. The summed E-state index contributed by atoms with van der Waals surface area (Å²) in [4.78, 5) is 9.82. The third kappa shape index (κ3) is 4.30. The van der Waals surface area contributed by atoms with Gasteiger partial charge >= 0.3 is 18.5 Å². The van der Waals surface area contributed by atoms with Crippen LogP contribution >= 0.6 is 0 Å². The van der Waals surface area contributed by atoms with E-state index in [2.05, 4.69) is 20.0 Å². The van der Waals surface area contributed by atoms with Crippen LogP contribution in [0.15, 0.2) is 28.7 Å². The quantitative estimate of drug-likeness (QED) is 0.339. The predicted octanol–water partition coefficient (Wildman–Crippen LogP) is 3.82. The third-order valence-corrected chi connectivity index (χ3v) is 3.70. The molecule has 3 aromatic rings. The van der Waals surface area contributed by atoms with E-state index in [0.717, 1.165) is 11.6 Å². The van der Waals surface area contributed by atoms with E-state index < -0.39 is 35.6 Å². The lowest BCUT2D eigenvalue weighted by atomic mass is 10.2. The third-order valence-electron chi connectivity index (χ3n) is 3.70. The van der Waals surface area contributed by atoms with Crippen LogP contribution in [0.3, 0.4) is 0 Å². The maximum absolute atomic E-state index is 13.0. The molecule has 0 spiro atoms. The fourth-order valence-corrected chi connectivity index (χ4v) is 2.44. The van der Waals surface area contributed by atoms with Crippen molar-refractivity contribution in [3.63, 3.8) is 0 Å². The first-order valence-electron chi connectivity index (χ1n) is 7.73. The molecule has 0 aliphatic heterocycles. The number of hydrogen-bond donors (Lipinski definition) is 0. The molecule has 0 aliphatic rings. The Morgan fingerprint density at radius 3 is 2.41 bits per heavy atom. The van der Waals surface area contributed by atoms with Crippen molar-refractivity contribution in [1.82, 2.24) is 20.0 Å². The van der Waals surface area contributed by atoms with Gasteiger partial charge in [0.15, 0.2) is 0 Å². The molecule has 0 amide bonds. The molecule has 0 aliphatic carbocycles. The second kappa shape index (κ2) is 7.44. The SMILES string of the molecule is Cc1c([N+](=O)[O-])c(C(F)(F)F)nn1Cc1nnc(-c2ccc(OC(F)F)cc2)o1. The summed E-state index contributed by atoms with van der Waals surface area (Å²) in [6.45, 7) is -2.32. The number of hydrogen-bond acceptors (Lipinski definition) is 7. The molecule has 2 aromatic heterocycles. The Hall–Kier alpha value is -3.58. The van der Waals surface area contributed by atoms with Gasteiger partial charge in [0.2, 0.25) is 17.5 Å². The summed E-state index contributed by atoms with van der Waals surface area (Å²) < 4.78 is 73.5. The van der Waals surface area contributed by atoms with Gasteiger partial charge in [0.1, 0.15) is 18.0 Å². The first-order chi connectivity index (χ1) is 13.6. The molecule has 0 atom stereocenters. The van der Waals surface area contributed by atoms with Crippen LogP contribution in [0.1, 0.15) is 17.3 Å². The van der Waals surface area contributed by atoms with Gasteiger partial charge in [0.25, 0.3) is 0 Å². The van der Waals surface area contributed by atoms with Gasteiger partial charge in [0, 0.05) is 5.56 Å². The number of nitrogens with zero attached hydrogens (tertiary/aromatic N) is 5. The second-order valence-corrected chi connectivity index (χ2v) is 5.60. The number of nitro groups is 1. The molecule has 3 rings (SSSR count). The van der Waals surface area contributed by atoms with Crippen molar-refractivity contribution in [2.75, 3.05) is 0 Å². The zero-order valence-corrected chi connectivity index (χ0v) is 14.4. The smallest absolute Gasteiger partial charge is 0.435 e. The van der Waals surface area contributed by atoms with Gasteiger partial charge in [-0.3, -0.25) is 14.8 Å². The first kappa shape index (κ1) is 20.2. The molecule has 154 valence electrons. The predicted molar refractivity (Wildman–Crippen MR) is 84.1 cm³/mol. The molecule has 9 nitrogen and oxygen atoms in total. The van der Waals surface area contributed by atoms with Crippen LogP contribution in [0.25, 0.3) is 11.5 Å². The van der Waals surface area contributed by atoms with Crippen LogP contribution in [0.2, 0.25) is 0 Å². The molecule has 0 fully saturated rings. The molecule has 1 aromatic carbocycles. The first-order valence-corrected chi connectivity index (χ1v) is 7.73. The normalized spacial score (nSPS) is 11.8. The molecule has 0 radical (unpaired) electrons. The average Bonchev–Trinajstić information content (AvgIpc) is 3.20. The molecule has 0 saturated carbocycles. The molecule has 29 heavy (non-hydrogen) atoms. The maximum atomic E-state index is 13.0. The van der Waals surface area contributed by atoms with E-state index in [0.29, 0.717) is 5.56 Å². The van der Waals surface area contributed by atoms with Gasteiger partial charge in [-0.05, 0) is 31.2 Å². The highest BCUT2D eigenvalue weighted by Crippen LogP contribution is 2.37. The van der Waals surface area contributed by atoms with Gasteiger partial charge in [0.05, 0.1) is 4.92 Å². The zero-order chi connectivity index (χ0) is 21.3. The summed E-state index contributed by atoms with van der Waals surface area (Å²) >= 11 is 0.